The first-order valence-electron chi connectivity index (χ1n) is 9.67. The third-order valence-corrected chi connectivity index (χ3v) is 5.10. The standard InChI is InChI=1S/C24H24ClNO3/c1-24(2,29)14-13-17-5-7-19(8-6-17)23(28)26-15-3-4-20(16-26)22(27)18-9-11-21(25)12-10-18/h5-12,20,29H,3-4,15-16H2,1-2H3. The molecule has 4 nitrogen and oxygen atoms in total. The molecule has 1 aliphatic rings. The second kappa shape index (κ2) is 8.82. The topological polar surface area (TPSA) is 57.6 Å². The number of rotatable bonds is 3. The van der Waals surface area contributed by atoms with E-state index < -0.39 is 5.60 Å². The number of hydrogen-bond donors (Lipinski definition) is 1. The molecule has 0 radical (unpaired) electrons. The Labute approximate surface area is 176 Å². The lowest BCUT2D eigenvalue weighted by molar-refractivity contribution is 0.0637. The lowest BCUT2D eigenvalue weighted by Gasteiger charge is -2.32. The van der Waals surface area contributed by atoms with Crippen LogP contribution in [0.1, 0.15) is 53.0 Å². The van der Waals surface area contributed by atoms with Gasteiger partial charge in [-0.2, -0.15) is 0 Å². The van der Waals surface area contributed by atoms with Crippen molar-refractivity contribution in [2.75, 3.05) is 13.1 Å². The molecular weight excluding hydrogens is 386 g/mol. The van der Waals surface area contributed by atoms with E-state index in [0.29, 0.717) is 29.2 Å². The molecule has 2 aromatic rings. The highest BCUT2D eigenvalue weighted by atomic mass is 35.5. The van der Waals surface area contributed by atoms with Gasteiger partial charge in [-0.3, -0.25) is 9.59 Å². The van der Waals surface area contributed by atoms with Crippen LogP contribution in [0.5, 0.6) is 0 Å². The third kappa shape index (κ3) is 5.69. The van der Waals surface area contributed by atoms with E-state index in [2.05, 4.69) is 11.8 Å². The van der Waals surface area contributed by atoms with Gasteiger partial charge in [0.2, 0.25) is 0 Å². The summed E-state index contributed by atoms with van der Waals surface area (Å²) in [6.45, 7) is 4.30. The van der Waals surface area contributed by atoms with Gasteiger partial charge >= 0.3 is 0 Å². The lowest BCUT2D eigenvalue weighted by Crippen LogP contribution is -2.42. The minimum absolute atomic E-state index is 0.0522. The summed E-state index contributed by atoms with van der Waals surface area (Å²) >= 11 is 5.90. The number of Topliss-reactive ketones (excluding diaryl/α,β-unsaturated/α-hetero) is 1. The van der Waals surface area contributed by atoms with Gasteiger partial charge in [-0.15, -0.1) is 0 Å². The van der Waals surface area contributed by atoms with Crippen molar-refractivity contribution >= 4 is 23.3 Å². The Bertz CT molecular complexity index is 947. The fourth-order valence-electron chi connectivity index (χ4n) is 3.33. The summed E-state index contributed by atoms with van der Waals surface area (Å²) in [6.07, 6.45) is 1.57. The monoisotopic (exact) mass is 409 g/mol. The molecule has 1 heterocycles. The molecule has 1 aliphatic heterocycles. The van der Waals surface area contributed by atoms with Gasteiger partial charge in [0.05, 0.1) is 0 Å². The predicted molar refractivity (Wildman–Crippen MR) is 114 cm³/mol. The lowest BCUT2D eigenvalue weighted by atomic mass is 9.89. The zero-order valence-electron chi connectivity index (χ0n) is 16.6. The molecule has 3 rings (SSSR count). The number of halogens is 1. The Morgan fingerprint density at radius 3 is 2.31 bits per heavy atom. The van der Waals surface area contributed by atoms with E-state index in [1.165, 1.54) is 0 Å². The first-order chi connectivity index (χ1) is 13.7. The van der Waals surface area contributed by atoms with Crippen LogP contribution in [-0.2, 0) is 0 Å². The molecule has 0 bridgehead atoms. The van der Waals surface area contributed by atoms with Gasteiger partial charge in [0.25, 0.3) is 5.91 Å². The number of ketones is 1. The molecule has 2 aromatic carbocycles. The largest absolute Gasteiger partial charge is 0.378 e. The molecule has 0 saturated carbocycles. The molecule has 1 amide bonds. The average Bonchev–Trinajstić information content (AvgIpc) is 2.72. The van der Waals surface area contributed by atoms with Crippen LogP contribution in [0.3, 0.4) is 0 Å². The zero-order valence-corrected chi connectivity index (χ0v) is 17.4. The Balaban J connectivity index is 1.68. The molecule has 5 heteroatoms. The van der Waals surface area contributed by atoms with Crippen LogP contribution in [0.25, 0.3) is 0 Å². The summed E-state index contributed by atoms with van der Waals surface area (Å²) in [7, 11) is 0. The fraction of sp³-hybridized carbons (Fsp3) is 0.333. The number of aliphatic hydroxyl groups is 1. The maximum Gasteiger partial charge on any atom is 0.253 e. The number of hydrogen-bond acceptors (Lipinski definition) is 3. The van der Waals surface area contributed by atoms with E-state index in [1.807, 2.05) is 0 Å². The summed E-state index contributed by atoms with van der Waals surface area (Å²) in [4.78, 5) is 27.4. The Morgan fingerprint density at radius 2 is 1.69 bits per heavy atom. The van der Waals surface area contributed by atoms with Crippen molar-refractivity contribution in [2.45, 2.75) is 32.3 Å². The van der Waals surface area contributed by atoms with E-state index in [0.717, 1.165) is 18.4 Å². The van der Waals surface area contributed by atoms with Crippen molar-refractivity contribution < 1.29 is 14.7 Å². The summed E-state index contributed by atoms with van der Waals surface area (Å²) in [5, 5.41) is 10.3. The van der Waals surface area contributed by atoms with E-state index in [1.54, 1.807) is 67.3 Å². The molecule has 1 N–H and O–H groups in total. The van der Waals surface area contributed by atoms with Gasteiger partial charge < -0.3 is 10.0 Å². The van der Waals surface area contributed by atoms with Gasteiger partial charge in [-0.1, -0.05) is 23.4 Å². The van der Waals surface area contributed by atoms with Gasteiger partial charge in [-0.05, 0) is 75.2 Å². The number of nitrogens with zero attached hydrogens (tertiary/aromatic N) is 1. The molecule has 1 unspecified atom stereocenters. The number of carbonyl (C=O) groups is 2. The van der Waals surface area contributed by atoms with E-state index in [-0.39, 0.29) is 17.6 Å². The van der Waals surface area contributed by atoms with E-state index >= 15 is 0 Å². The van der Waals surface area contributed by atoms with Crippen LogP contribution >= 0.6 is 11.6 Å². The summed E-state index contributed by atoms with van der Waals surface area (Å²) in [6, 6.07) is 13.9. The molecule has 1 atom stereocenters. The van der Waals surface area contributed by atoms with E-state index in [4.69, 9.17) is 11.6 Å². The van der Waals surface area contributed by atoms with Gasteiger partial charge in [0, 0.05) is 40.7 Å². The van der Waals surface area contributed by atoms with Crippen molar-refractivity contribution in [1.29, 1.82) is 0 Å². The summed E-state index contributed by atoms with van der Waals surface area (Å²) < 4.78 is 0. The van der Waals surface area contributed by atoms with Crippen LogP contribution in [0, 0.1) is 17.8 Å². The highest BCUT2D eigenvalue weighted by Gasteiger charge is 2.29. The first kappa shape index (κ1) is 21.1. The SMILES string of the molecule is CC(C)(O)C#Cc1ccc(C(=O)N2CCCC(C(=O)c3ccc(Cl)cc3)C2)cc1. The second-order valence-electron chi connectivity index (χ2n) is 7.85. The summed E-state index contributed by atoms with van der Waals surface area (Å²) in [5.41, 5.74) is 0.869. The highest BCUT2D eigenvalue weighted by Crippen LogP contribution is 2.23. The fourth-order valence-corrected chi connectivity index (χ4v) is 3.46. The molecule has 0 spiro atoms. The Hall–Kier alpha value is -2.61. The molecule has 1 saturated heterocycles. The number of likely N-dealkylation sites (tertiary alicyclic amines) is 1. The van der Waals surface area contributed by atoms with E-state index in [9.17, 15) is 14.7 Å². The van der Waals surface area contributed by atoms with Crippen molar-refractivity contribution in [3.63, 3.8) is 0 Å². The van der Waals surface area contributed by atoms with Crippen LogP contribution in [-0.4, -0.2) is 40.4 Å². The highest BCUT2D eigenvalue weighted by molar-refractivity contribution is 6.30. The second-order valence-corrected chi connectivity index (χ2v) is 8.28. The molecule has 1 fully saturated rings. The average molecular weight is 410 g/mol. The maximum absolute atomic E-state index is 12.9. The number of piperidine rings is 1. The summed E-state index contributed by atoms with van der Waals surface area (Å²) in [5.74, 6) is 5.41. The Morgan fingerprint density at radius 1 is 1.07 bits per heavy atom. The molecule has 150 valence electrons. The van der Waals surface area contributed by atoms with Crippen LogP contribution < -0.4 is 0 Å². The smallest absolute Gasteiger partial charge is 0.253 e. The van der Waals surface area contributed by atoms with Crippen LogP contribution in [0.15, 0.2) is 48.5 Å². The third-order valence-electron chi connectivity index (χ3n) is 4.85. The normalized spacial score (nSPS) is 16.7. The molecule has 0 aliphatic carbocycles. The molecule has 29 heavy (non-hydrogen) atoms. The first-order valence-corrected chi connectivity index (χ1v) is 10.1. The van der Waals surface area contributed by atoms with Crippen molar-refractivity contribution in [2.24, 2.45) is 5.92 Å². The maximum atomic E-state index is 12.9. The molecule has 0 aromatic heterocycles. The minimum atomic E-state index is -1.06. The quantitative estimate of drug-likeness (QED) is 0.610. The van der Waals surface area contributed by atoms with Gasteiger partial charge in [0.1, 0.15) is 5.60 Å². The van der Waals surface area contributed by atoms with Crippen molar-refractivity contribution in [1.82, 2.24) is 4.90 Å². The molecular formula is C24H24ClNO3. The number of amides is 1. The number of benzene rings is 2. The Kier molecular flexibility index (Phi) is 6.42. The van der Waals surface area contributed by atoms with Gasteiger partial charge in [0.15, 0.2) is 5.78 Å². The van der Waals surface area contributed by atoms with Crippen LogP contribution in [0.4, 0.5) is 0 Å². The van der Waals surface area contributed by atoms with Gasteiger partial charge in [-0.25, -0.2) is 0 Å². The predicted octanol–water partition coefficient (Wildman–Crippen LogP) is 4.20. The van der Waals surface area contributed by atoms with Crippen molar-refractivity contribution in [3.8, 4) is 11.8 Å². The number of carbonyl (C=O) groups excluding carboxylic acids is 2. The zero-order chi connectivity index (χ0) is 21.0. The van der Waals surface area contributed by atoms with Crippen LogP contribution in [0.2, 0.25) is 5.02 Å². The van der Waals surface area contributed by atoms with Crippen molar-refractivity contribution in [3.05, 3.63) is 70.2 Å². The minimum Gasteiger partial charge on any atom is -0.378 e.